The molecule has 1 aromatic carbocycles. The number of fused-ring (bicyclic) bond motifs is 1. The van der Waals surface area contributed by atoms with E-state index in [2.05, 4.69) is 62.1 Å². The molecule has 2 aliphatic heterocycles. The molecule has 50 heavy (non-hydrogen) atoms. The third kappa shape index (κ3) is 7.52. The molecule has 6 rings (SSSR count). The molecule has 2 aliphatic rings. The van der Waals surface area contributed by atoms with Gasteiger partial charge in [0.1, 0.15) is 29.4 Å². The molecule has 10 nitrogen and oxygen atoms in total. The molecule has 1 N–H and O–H groups in total. The van der Waals surface area contributed by atoms with Crippen molar-refractivity contribution in [1.29, 1.82) is 5.26 Å². The number of hydrogen-bond acceptors (Lipinski definition) is 9. The number of benzene rings is 1. The number of anilines is 1. The lowest BCUT2D eigenvalue weighted by Gasteiger charge is -2.49. The maximum Gasteiger partial charge on any atom is 0.192 e. The highest BCUT2D eigenvalue weighted by Gasteiger charge is 2.41. The van der Waals surface area contributed by atoms with Crippen molar-refractivity contribution in [2.45, 2.75) is 89.9 Å². The Kier molecular flexibility index (Phi) is 10.5. The molecule has 0 amide bonds. The molecule has 4 aromatic rings. The maximum absolute atomic E-state index is 10.3. The summed E-state index contributed by atoms with van der Waals surface area (Å²) in [6.45, 7) is 19.1. The van der Waals surface area contributed by atoms with Gasteiger partial charge in [0.15, 0.2) is 14.5 Å². The third-order valence-electron chi connectivity index (χ3n) is 10.3. The fourth-order valence-electron chi connectivity index (χ4n) is 6.47. The summed E-state index contributed by atoms with van der Waals surface area (Å²) >= 11 is 12.9. The molecule has 266 valence electrons. The summed E-state index contributed by atoms with van der Waals surface area (Å²) in [5.74, 6) is 1.31. The second-order valence-electron chi connectivity index (χ2n) is 15.2. The van der Waals surface area contributed by atoms with Crippen LogP contribution < -0.4 is 15.0 Å². The number of aromatic nitrogens is 4. The normalized spacial score (nSPS) is 18.5. The van der Waals surface area contributed by atoms with Crippen molar-refractivity contribution in [3.05, 3.63) is 64.0 Å². The Balaban J connectivity index is 1.23. The monoisotopic (exact) mass is 735 g/mol. The lowest BCUT2D eigenvalue weighted by atomic mass is 9.91. The minimum Gasteiger partial charge on any atom is -0.486 e. The van der Waals surface area contributed by atoms with Gasteiger partial charge in [-0.15, -0.1) is 0 Å². The van der Waals surface area contributed by atoms with Gasteiger partial charge in [0.05, 0.1) is 26.7 Å². The van der Waals surface area contributed by atoms with Crippen LogP contribution in [-0.2, 0) is 9.16 Å². The molecule has 0 bridgehead atoms. The Morgan fingerprint density at radius 3 is 2.54 bits per heavy atom. The quantitative estimate of drug-likeness (QED) is 0.119. The summed E-state index contributed by atoms with van der Waals surface area (Å²) in [5.41, 5.74) is 3.46. The van der Waals surface area contributed by atoms with Gasteiger partial charge in [0.25, 0.3) is 0 Å². The van der Waals surface area contributed by atoms with E-state index in [-0.39, 0.29) is 16.8 Å². The minimum absolute atomic E-state index is 0.0862. The van der Waals surface area contributed by atoms with Gasteiger partial charge in [-0.3, -0.25) is 4.98 Å². The molecule has 3 aromatic heterocycles. The van der Waals surface area contributed by atoms with E-state index in [9.17, 15) is 5.26 Å². The van der Waals surface area contributed by atoms with E-state index >= 15 is 0 Å². The van der Waals surface area contributed by atoms with Crippen LogP contribution in [0.2, 0.25) is 28.2 Å². The van der Waals surface area contributed by atoms with E-state index in [1.54, 1.807) is 12.4 Å². The smallest absolute Gasteiger partial charge is 0.192 e. The van der Waals surface area contributed by atoms with Gasteiger partial charge >= 0.3 is 0 Å². The molecule has 0 radical (unpaired) electrons. The number of pyridine rings is 2. The zero-order valence-corrected chi connectivity index (χ0v) is 32.5. The van der Waals surface area contributed by atoms with Crippen molar-refractivity contribution >= 4 is 48.2 Å². The summed E-state index contributed by atoms with van der Waals surface area (Å²) < 4.78 is 20.8. The zero-order chi connectivity index (χ0) is 35.8. The van der Waals surface area contributed by atoms with Crippen molar-refractivity contribution in [3.8, 4) is 23.1 Å². The third-order valence-corrected chi connectivity index (χ3v) is 15.4. The summed E-state index contributed by atoms with van der Waals surface area (Å²) in [4.78, 5) is 11.1. The second kappa shape index (κ2) is 14.4. The molecule has 0 aliphatic carbocycles. The number of ether oxygens (including phenoxy) is 2. The Bertz CT molecular complexity index is 1870. The lowest BCUT2D eigenvalue weighted by molar-refractivity contribution is -0.0365. The number of halogens is 2. The molecule has 0 saturated carbocycles. The minimum atomic E-state index is -1.79. The number of nitriles is 1. The fourth-order valence-corrected chi connectivity index (χ4v) is 8.19. The average Bonchev–Trinajstić information content (AvgIpc) is 3.44. The van der Waals surface area contributed by atoms with Crippen molar-refractivity contribution in [2.24, 2.45) is 0 Å². The summed E-state index contributed by atoms with van der Waals surface area (Å²) in [5, 5.41) is 21.0. The summed E-state index contributed by atoms with van der Waals surface area (Å²) in [6, 6.07) is 10.2. The largest absolute Gasteiger partial charge is 0.486 e. The molecule has 0 spiro atoms. The van der Waals surface area contributed by atoms with Crippen LogP contribution in [0, 0.1) is 11.3 Å². The van der Waals surface area contributed by atoms with Gasteiger partial charge in [-0.1, -0.05) is 44.0 Å². The average molecular weight is 737 g/mol. The van der Waals surface area contributed by atoms with Crippen LogP contribution in [0.1, 0.15) is 77.3 Å². The molecule has 5 heterocycles. The molecular formula is C37H47Cl2N7O3Si. The standard InChI is InChI=1S/C37H47Cl2N7O3Si/c1-24(33-29(38)20-41-21-30(33)39)49-27-11-12-31-28(17-27)34(44-46(31)32-10-8-9-14-47-32)26-16-25(18-40)35(42-19-26)45-22-37(5,23-45)43-13-15-48-50(6,7)36(2,3)4/h11-12,16-17,19-21,24,32,43H,8-10,13-15,22-23H2,1-7H3/t24-,32?/m1/s1. The SMILES string of the molecule is C[C@@H](Oc1ccc2c(c1)c(-c1cnc(N3CC(C)(NCCO[Si](C)(C)C(C)(C)C)C3)c(C#N)c1)nn2C1CCCCO1)c1c(Cl)cncc1Cl. The fraction of sp³-hybridized carbons (Fsp3) is 0.514. The van der Waals surface area contributed by atoms with E-state index in [0.717, 1.165) is 55.4 Å². The molecule has 1 unspecified atom stereocenters. The van der Waals surface area contributed by atoms with E-state index < -0.39 is 14.4 Å². The molecule has 2 fully saturated rings. The van der Waals surface area contributed by atoms with Crippen molar-refractivity contribution < 1.29 is 13.9 Å². The molecule has 2 atom stereocenters. The first-order valence-corrected chi connectivity index (χ1v) is 21.0. The van der Waals surface area contributed by atoms with Crippen molar-refractivity contribution in [1.82, 2.24) is 25.1 Å². The number of rotatable bonds is 11. The summed E-state index contributed by atoms with van der Waals surface area (Å²) in [7, 11) is -1.79. The van der Waals surface area contributed by atoms with E-state index in [4.69, 9.17) is 47.2 Å². The van der Waals surface area contributed by atoms with Crippen molar-refractivity contribution in [2.75, 3.05) is 37.7 Å². The first kappa shape index (κ1) is 36.5. The van der Waals surface area contributed by atoms with Crippen LogP contribution in [0.25, 0.3) is 22.2 Å². The van der Waals surface area contributed by atoms with Crippen LogP contribution in [-0.4, -0.2) is 66.5 Å². The lowest BCUT2D eigenvalue weighted by Crippen LogP contribution is -2.68. The second-order valence-corrected chi connectivity index (χ2v) is 20.9. The Labute approximate surface area is 306 Å². The van der Waals surface area contributed by atoms with Gasteiger partial charge in [0.2, 0.25) is 0 Å². The first-order valence-electron chi connectivity index (χ1n) is 17.3. The van der Waals surface area contributed by atoms with Gasteiger partial charge < -0.3 is 24.1 Å². The predicted molar refractivity (Wildman–Crippen MR) is 202 cm³/mol. The van der Waals surface area contributed by atoms with E-state index in [1.807, 2.05) is 42.1 Å². The van der Waals surface area contributed by atoms with Crippen LogP contribution in [0.4, 0.5) is 5.82 Å². The van der Waals surface area contributed by atoms with Gasteiger partial charge in [-0.2, -0.15) is 10.4 Å². The van der Waals surface area contributed by atoms with Gasteiger partial charge in [-0.25, -0.2) is 9.67 Å². The van der Waals surface area contributed by atoms with Gasteiger partial charge in [0, 0.05) is 68.0 Å². The highest BCUT2D eigenvalue weighted by Crippen LogP contribution is 2.39. The van der Waals surface area contributed by atoms with Crippen LogP contribution >= 0.6 is 23.2 Å². The number of nitrogens with zero attached hydrogens (tertiary/aromatic N) is 6. The van der Waals surface area contributed by atoms with Crippen LogP contribution in [0.3, 0.4) is 0 Å². The summed E-state index contributed by atoms with van der Waals surface area (Å²) in [6.07, 6.45) is 7.29. The van der Waals surface area contributed by atoms with E-state index in [0.29, 0.717) is 51.6 Å². The Morgan fingerprint density at radius 2 is 1.88 bits per heavy atom. The number of hydrogen-bond donors (Lipinski definition) is 1. The first-order chi connectivity index (χ1) is 23.7. The van der Waals surface area contributed by atoms with Crippen molar-refractivity contribution in [3.63, 3.8) is 0 Å². The topological polar surface area (TPSA) is 110 Å². The molecular weight excluding hydrogens is 689 g/mol. The van der Waals surface area contributed by atoms with Crippen LogP contribution in [0.5, 0.6) is 5.75 Å². The van der Waals surface area contributed by atoms with Crippen LogP contribution in [0.15, 0.2) is 42.9 Å². The van der Waals surface area contributed by atoms with E-state index in [1.165, 1.54) is 0 Å². The predicted octanol–water partition coefficient (Wildman–Crippen LogP) is 8.70. The highest BCUT2D eigenvalue weighted by atomic mass is 35.5. The Hall–Kier alpha value is -3.24. The van der Waals surface area contributed by atoms with Gasteiger partial charge in [-0.05, 0) is 75.5 Å². The number of nitrogens with one attached hydrogen (secondary N) is 1. The highest BCUT2D eigenvalue weighted by molar-refractivity contribution is 6.74. The molecule has 2 saturated heterocycles. The maximum atomic E-state index is 10.3. The Morgan fingerprint density at radius 1 is 1.14 bits per heavy atom. The molecule has 13 heteroatoms. The zero-order valence-electron chi connectivity index (χ0n) is 30.0.